The Morgan fingerprint density at radius 1 is 1.25 bits per heavy atom. The molecule has 1 aromatic heterocycles. The number of hydrogen-bond acceptors (Lipinski definition) is 4. The van der Waals surface area contributed by atoms with Gasteiger partial charge in [-0.2, -0.15) is 0 Å². The van der Waals surface area contributed by atoms with Crippen LogP contribution in [0.3, 0.4) is 0 Å². The summed E-state index contributed by atoms with van der Waals surface area (Å²) in [5.74, 6) is 1.39. The third kappa shape index (κ3) is 3.61. The number of nitrogens with one attached hydrogen (secondary N) is 1. The molecule has 0 aliphatic heterocycles. The van der Waals surface area contributed by atoms with E-state index < -0.39 is 0 Å². The zero-order valence-electron chi connectivity index (χ0n) is 11.9. The van der Waals surface area contributed by atoms with E-state index in [1.165, 1.54) is 0 Å². The first-order valence-corrected chi connectivity index (χ1v) is 6.94. The lowest BCUT2D eigenvalue weighted by molar-refractivity contribution is 0.414. The minimum Gasteiger partial charge on any atom is -0.497 e. The number of aromatic nitrogens is 2. The lowest BCUT2D eigenvalue weighted by atomic mass is 10.1. The van der Waals surface area contributed by atoms with Crippen LogP contribution in [0.1, 0.15) is 31.1 Å². The molecule has 0 saturated heterocycles. The third-order valence-corrected chi connectivity index (χ3v) is 3.27. The molecule has 20 heavy (non-hydrogen) atoms. The van der Waals surface area contributed by atoms with Crippen molar-refractivity contribution in [3.8, 4) is 5.75 Å². The van der Waals surface area contributed by atoms with E-state index in [1.807, 2.05) is 31.2 Å². The van der Waals surface area contributed by atoms with Crippen molar-refractivity contribution in [2.45, 2.75) is 26.3 Å². The van der Waals surface area contributed by atoms with Gasteiger partial charge in [0.25, 0.3) is 0 Å². The maximum atomic E-state index is 5.99. The van der Waals surface area contributed by atoms with Crippen LogP contribution in [-0.2, 0) is 6.42 Å². The molecule has 1 heterocycles. The van der Waals surface area contributed by atoms with Gasteiger partial charge < -0.3 is 10.1 Å². The number of anilines is 1. The van der Waals surface area contributed by atoms with Crippen molar-refractivity contribution in [1.29, 1.82) is 0 Å². The first-order valence-electron chi connectivity index (χ1n) is 6.56. The summed E-state index contributed by atoms with van der Waals surface area (Å²) in [6, 6.07) is 9.77. The summed E-state index contributed by atoms with van der Waals surface area (Å²) < 4.78 is 5.15. The average molecular weight is 292 g/mol. The first-order chi connectivity index (χ1) is 9.62. The highest BCUT2D eigenvalue weighted by atomic mass is 35.5. The summed E-state index contributed by atoms with van der Waals surface area (Å²) in [6.07, 6.45) is 0.827. The summed E-state index contributed by atoms with van der Waals surface area (Å²) in [5, 5.41) is 3.72. The average Bonchev–Trinajstić information content (AvgIpc) is 2.46. The van der Waals surface area contributed by atoms with Gasteiger partial charge in [-0.1, -0.05) is 30.7 Å². The van der Waals surface area contributed by atoms with Gasteiger partial charge >= 0.3 is 0 Å². The van der Waals surface area contributed by atoms with Crippen LogP contribution in [-0.4, -0.2) is 17.1 Å². The molecule has 1 aromatic carbocycles. The van der Waals surface area contributed by atoms with Crippen molar-refractivity contribution < 1.29 is 4.74 Å². The van der Waals surface area contributed by atoms with Gasteiger partial charge in [-0.05, 0) is 37.1 Å². The lowest BCUT2D eigenvalue weighted by Crippen LogP contribution is -2.10. The predicted octanol–water partition coefficient (Wildman–Crippen LogP) is 3.87. The number of hydrogen-bond donors (Lipinski definition) is 1. The second kappa shape index (κ2) is 6.57. The van der Waals surface area contributed by atoms with Crippen LogP contribution in [0.25, 0.3) is 0 Å². The molecular weight excluding hydrogens is 274 g/mol. The molecule has 2 aromatic rings. The molecule has 5 heteroatoms. The number of benzene rings is 1. The van der Waals surface area contributed by atoms with E-state index in [4.69, 9.17) is 16.3 Å². The van der Waals surface area contributed by atoms with Crippen molar-refractivity contribution in [3.05, 3.63) is 46.7 Å². The Labute approximate surface area is 124 Å². The Bertz CT molecular complexity index is 572. The minimum atomic E-state index is 0.0871. The summed E-state index contributed by atoms with van der Waals surface area (Å²) in [4.78, 5) is 8.62. The Morgan fingerprint density at radius 2 is 1.95 bits per heavy atom. The van der Waals surface area contributed by atoms with E-state index in [-0.39, 0.29) is 6.04 Å². The SMILES string of the molecule is CCc1cc(Cl)nc(NC(C)c2ccc(OC)cc2)n1. The van der Waals surface area contributed by atoms with Crippen molar-refractivity contribution in [2.24, 2.45) is 0 Å². The molecule has 1 N–H and O–H groups in total. The van der Waals surface area contributed by atoms with E-state index in [9.17, 15) is 0 Å². The van der Waals surface area contributed by atoms with Crippen LogP contribution >= 0.6 is 11.6 Å². The van der Waals surface area contributed by atoms with Crippen LogP contribution in [0, 0.1) is 0 Å². The number of methoxy groups -OCH3 is 1. The maximum absolute atomic E-state index is 5.99. The van der Waals surface area contributed by atoms with Gasteiger partial charge in [0, 0.05) is 5.69 Å². The standard InChI is InChI=1S/C15H18ClN3O/c1-4-12-9-14(16)19-15(18-12)17-10(2)11-5-7-13(20-3)8-6-11/h5-10H,4H2,1-3H3,(H,17,18,19). The normalized spacial score (nSPS) is 12.0. The molecule has 0 spiro atoms. The van der Waals surface area contributed by atoms with Crippen LogP contribution < -0.4 is 10.1 Å². The third-order valence-electron chi connectivity index (χ3n) is 3.07. The summed E-state index contributed by atoms with van der Waals surface area (Å²) in [5.41, 5.74) is 2.06. The number of halogens is 1. The molecule has 0 aliphatic rings. The number of nitrogens with zero attached hydrogens (tertiary/aromatic N) is 2. The molecule has 1 unspecified atom stereocenters. The quantitative estimate of drug-likeness (QED) is 0.850. The minimum absolute atomic E-state index is 0.0871. The molecular formula is C15H18ClN3O. The fraction of sp³-hybridized carbons (Fsp3) is 0.333. The van der Waals surface area contributed by atoms with Crippen LogP contribution in [0.5, 0.6) is 5.75 Å². The van der Waals surface area contributed by atoms with Crippen molar-refractivity contribution in [2.75, 3.05) is 12.4 Å². The molecule has 0 bridgehead atoms. The number of rotatable bonds is 5. The topological polar surface area (TPSA) is 47.0 Å². The van der Waals surface area contributed by atoms with E-state index in [1.54, 1.807) is 13.2 Å². The van der Waals surface area contributed by atoms with E-state index in [2.05, 4.69) is 22.2 Å². The van der Waals surface area contributed by atoms with Crippen LogP contribution in [0.15, 0.2) is 30.3 Å². The summed E-state index contributed by atoms with van der Waals surface area (Å²) in [7, 11) is 1.66. The fourth-order valence-electron chi connectivity index (χ4n) is 1.88. The Morgan fingerprint density at radius 3 is 2.55 bits per heavy atom. The molecule has 1 atom stereocenters. The maximum Gasteiger partial charge on any atom is 0.224 e. The number of ether oxygens (including phenoxy) is 1. The van der Waals surface area contributed by atoms with Crippen molar-refractivity contribution >= 4 is 17.5 Å². The molecule has 0 saturated carbocycles. The highest BCUT2D eigenvalue weighted by molar-refractivity contribution is 6.29. The van der Waals surface area contributed by atoms with Crippen molar-refractivity contribution in [3.63, 3.8) is 0 Å². The van der Waals surface area contributed by atoms with Gasteiger partial charge in [0.1, 0.15) is 10.9 Å². The van der Waals surface area contributed by atoms with Gasteiger partial charge in [-0.15, -0.1) is 0 Å². The molecule has 106 valence electrons. The highest BCUT2D eigenvalue weighted by Crippen LogP contribution is 2.21. The Hall–Kier alpha value is -1.81. The Balaban J connectivity index is 2.13. The zero-order chi connectivity index (χ0) is 14.5. The molecule has 0 aliphatic carbocycles. The van der Waals surface area contributed by atoms with Crippen LogP contribution in [0.2, 0.25) is 5.15 Å². The highest BCUT2D eigenvalue weighted by Gasteiger charge is 2.09. The second-order valence-electron chi connectivity index (χ2n) is 4.50. The fourth-order valence-corrected chi connectivity index (χ4v) is 2.09. The van der Waals surface area contributed by atoms with Gasteiger partial charge in [0.2, 0.25) is 5.95 Å². The van der Waals surface area contributed by atoms with Gasteiger partial charge in [-0.3, -0.25) is 0 Å². The van der Waals surface area contributed by atoms with Crippen LogP contribution in [0.4, 0.5) is 5.95 Å². The predicted molar refractivity (Wildman–Crippen MR) is 81.5 cm³/mol. The van der Waals surface area contributed by atoms with E-state index in [0.717, 1.165) is 23.4 Å². The molecule has 2 rings (SSSR count). The molecule has 0 radical (unpaired) electrons. The monoisotopic (exact) mass is 291 g/mol. The summed E-state index contributed by atoms with van der Waals surface area (Å²) >= 11 is 5.99. The summed E-state index contributed by atoms with van der Waals surface area (Å²) in [6.45, 7) is 4.09. The molecule has 4 nitrogen and oxygen atoms in total. The molecule has 0 fully saturated rings. The van der Waals surface area contributed by atoms with Gasteiger partial charge in [0.05, 0.1) is 13.2 Å². The van der Waals surface area contributed by atoms with Gasteiger partial charge in [-0.25, -0.2) is 9.97 Å². The Kier molecular flexibility index (Phi) is 4.79. The smallest absolute Gasteiger partial charge is 0.224 e. The van der Waals surface area contributed by atoms with Crippen molar-refractivity contribution in [1.82, 2.24) is 9.97 Å². The second-order valence-corrected chi connectivity index (χ2v) is 4.89. The largest absolute Gasteiger partial charge is 0.497 e. The van der Waals surface area contributed by atoms with E-state index in [0.29, 0.717) is 11.1 Å². The zero-order valence-corrected chi connectivity index (χ0v) is 12.6. The molecule has 0 amide bonds. The first kappa shape index (κ1) is 14.6. The number of aryl methyl sites for hydroxylation is 1. The van der Waals surface area contributed by atoms with Gasteiger partial charge in [0.15, 0.2) is 0 Å². The lowest BCUT2D eigenvalue weighted by Gasteiger charge is -2.15. The van der Waals surface area contributed by atoms with E-state index >= 15 is 0 Å².